The lowest BCUT2D eigenvalue weighted by atomic mass is 9.92. The van der Waals surface area contributed by atoms with Gasteiger partial charge in [0.15, 0.2) is 46.0 Å². The highest BCUT2D eigenvalue weighted by molar-refractivity contribution is 6.28. The van der Waals surface area contributed by atoms with E-state index in [9.17, 15) is 29.4 Å². The minimum atomic E-state index is -0.936. The number of hydrogen-bond donors (Lipinski definition) is 3. The Balaban J connectivity index is 0.000000135. The minimum absolute atomic E-state index is 0. The molecule has 20 rings (SSSR count). The van der Waals surface area contributed by atoms with E-state index < -0.39 is 30.1 Å². The summed E-state index contributed by atoms with van der Waals surface area (Å²) in [5.74, 6) is 3.90. The van der Waals surface area contributed by atoms with E-state index in [1.54, 1.807) is 63.0 Å². The summed E-state index contributed by atoms with van der Waals surface area (Å²) in [5, 5.41) is 27.4. The standard InChI is InChI=1S/C28H27N3O4.2C26H23N3O4.C20H23NO4.C8H5ClN2.ClH/c1-3-34-27(32)24-15-22-21(17-31(24)28-29-16-20-11-7-8-12-23(20)30-28)13-14-25(33-2)26(22)35-18-19-9-5-4-6-10-19;2*1-32-23-12-11-19-15-29(26-27-14-18-9-5-6-10-21(18)28-26)22(25(30)31)13-20(19)24(23)33-16-17-7-3-2-4-8-17;1-3-24-20(22)17-11-16-15(12-21-17)9-10-18(23-2)19(16)25-13-14-7-5-4-6-8-14;9-8-10-5-6-3-1-2-4-7(6)11-8;/h4-14,16,24H,3,15,17-18H2,1-2H3;2*2-12,14,22H,13,15-16H2,1H3,(H,30,31);4-10,17,21H,3,11-13H2,1-2H3;1-5H;1H. The van der Waals surface area contributed by atoms with E-state index in [-0.39, 0.29) is 43.2 Å². The second-order valence-corrected chi connectivity index (χ2v) is 32.6. The molecule has 0 spiro atoms. The number of aliphatic carboxylic acids is 2. The molecule has 138 heavy (non-hydrogen) atoms. The van der Waals surface area contributed by atoms with Crippen LogP contribution in [0.25, 0.3) is 43.6 Å². The molecule has 28 nitrogen and oxygen atoms in total. The Labute approximate surface area is 808 Å². The molecule has 4 aliphatic heterocycles. The molecule has 4 aliphatic rings. The van der Waals surface area contributed by atoms with Crippen molar-refractivity contribution in [3.8, 4) is 46.0 Å². The molecule has 0 amide bonds. The molecule has 704 valence electrons. The molecule has 3 N–H and O–H groups in total. The fourth-order valence-corrected chi connectivity index (χ4v) is 16.9. The van der Waals surface area contributed by atoms with Gasteiger partial charge in [-0.05, 0) is 118 Å². The molecule has 16 aromatic rings. The Bertz CT molecular complexity index is 6730. The van der Waals surface area contributed by atoms with Gasteiger partial charge in [0.05, 0.1) is 63.7 Å². The van der Waals surface area contributed by atoms with Gasteiger partial charge in [-0.15, -0.1) is 12.4 Å². The molecule has 4 aromatic heterocycles. The third kappa shape index (κ3) is 23.2. The molecule has 4 atom stereocenters. The molecular formula is C108H102Cl2N12O16. The molecule has 0 bridgehead atoms. The van der Waals surface area contributed by atoms with E-state index in [0.29, 0.717) is 148 Å². The first-order valence-corrected chi connectivity index (χ1v) is 45.2. The Morgan fingerprint density at radius 1 is 0.348 bits per heavy atom. The normalized spacial score (nSPS) is 14.8. The molecular weight excluding hydrogens is 1790 g/mol. The number of carboxylic acids is 2. The lowest BCUT2D eigenvalue weighted by molar-refractivity contribution is -0.146. The molecule has 30 heteroatoms. The van der Waals surface area contributed by atoms with Gasteiger partial charge in [0.25, 0.3) is 0 Å². The van der Waals surface area contributed by atoms with Gasteiger partial charge in [-0.25, -0.2) is 54.3 Å². The maximum absolute atomic E-state index is 13.1. The summed E-state index contributed by atoms with van der Waals surface area (Å²) in [4.78, 5) is 90.6. The number of nitrogens with zero attached hydrogens (tertiary/aromatic N) is 11. The van der Waals surface area contributed by atoms with Crippen molar-refractivity contribution >= 4 is 109 Å². The Morgan fingerprint density at radius 3 is 0.957 bits per heavy atom. The van der Waals surface area contributed by atoms with Crippen molar-refractivity contribution < 1.29 is 76.8 Å². The maximum Gasteiger partial charge on any atom is 0.329 e. The van der Waals surface area contributed by atoms with Crippen molar-refractivity contribution in [1.29, 1.82) is 0 Å². The van der Waals surface area contributed by atoms with E-state index in [1.807, 2.05) is 286 Å². The van der Waals surface area contributed by atoms with Crippen molar-refractivity contribution in [2.45, 2.75) is 116 Å². The first-order valence-electron chi connectivity index (χ1n) is 44.8. The minimum Gasteiger partial charge on any atom is -0.493 e. The summed E-state index contributed by atoms with van der Waals surface area (Å²) in [6.45, 7) is 7.63. The number of ether oxygens (including phenoxy) is 10. The molecule has 4 unspecified atom stereocenters. The predicted octanol–water partition coefficient (Wildman–Crippen LogP) is 18.7. The molecule has 0 saturated carbocycles. The highest BCUT2D eigenvalue weighted by Crippen LogP contribution is 2.45. The molecule has 12 aromatic carbocycles. The first-order chi connectivity index (χ1) is 67.0. The van der Waals surface area contributed by atoms with Gasteiger partial charge in [-0.3, -0.25) is 4.79 Å². The average molecular weight is 1890 g/mol. The summed E-state index contributed by atoms with van der Waals surface area (Å²) in [5.41, 5.74) is 15.2. The number of nitrogens with one attached hydrogen (secondary N) is 1. The van der Waals surface area contributed by atoms with Gasteiger partial charge >= 0.3 is 23.9 Å². The number of carboxylic acid groups (broad SMARTS) is 2. The monoisotopic (exact) mass is 1890 g/mol. The van der Waals surface area contributed by atoms with Crippen LogP contribution < -0.4 is 57.9 Å². The number of carbonyl (C=O) groups is 4. The van der Waals surface area contributed by atoms with Crippen LogP contribution in [-0.4, -0.2) is 140 Å². The summed E-state index contributed by atoms with van der Waals surface area (Å²) >= 11 is 5.60. The second kappa shape index (κ2) is 46.4. The van der Waals surface area contributed by atoms with E-state index in [1.165, 1.54) is 0 Å². The van der Waals surface area contributed by atoms with Gasteiger partial charge in [-0.2, -0.15) is 0 Å². The van der Waals surface area contributed by atoms with Gasteiger partial charge in [0, 0.05) is 120 Å². The van der Waals surface area contributed by atoms with Crippen molar-refractivity contribution in [3.63, 3.8) is 0 Å². The van der Waals surface area contributed by atoms with Gasteiger partial charge < -0.3 is 77.6 Å². The first kappa shape index (κ1) is 96.8. The van der Waals surface area contributed by atoms with E-state index in [2.05, 4.69) is 40.2 Å². The number of halogens is 2. The van der Waals surface area contributed by atoms with Crippen LogP contribution in [0.1, 0.15) is 80.6 Å². The van der Waals surface area contributed by atoms with Crippen LogP contribution in [0.4, 0.5) is 17.8 Å². The smallest absolute Gasteiger partial charge is 0.329 e. The maximum atomic E-state index is 13.1. The number of methoxy groups -OCH3 is 4. The molecule has 0 saturated heterocycles. The Hall–Kier alpha value is -15.8. The number of carbonyl (C=O) groups excluding carboxylic acids is 2. The van der Waals surface area contributed by atoms with E-state index >= 15 is 0 Å². The number of benzene rings is 12. The molecule has 0 fully saturated rings. The van der Waals surface area contributed by atoms with Crippen LogP contribution in [0, 0.1) is 0 Å². The van der Waals surface area contributed by atoms with Crippen molar-refractivity contribution in [3.05, 3.63) is 364 Å². The van der Waals surface area contributed by atoms with E-state index in [4.69, 9.17) is 64.0 Å². The zero-order chi connectivity index (χ0) is 95.1. The summed E-state index contributed by atoms with van der Waals surface area (Å²) in [6.07, 6.45) is 8.39. The van der Waals surface area contributed by atoms with Crippen molar-refractivity contribution in [2.24, 2.45) is 0 Å². The highest BCUT2D eigenvalue weighted by atomic mass is 35.5. The number of aromatic nitrogens is 8. The number of hydrogen-bond acceptors (Lipinski definition) is 26. The molecule has 0 aliphatic carbocycles. The number of rotatable bonds is 25. The predicted molar refractivity (Wildman–Crippen MR) is 529 cm³/mol. The number of para-hydroxylation sites is 4. The van der Waals surface area contributed by atoms with Gasteiger partial charge in [0.1, 0.15) is 50.6 Å². The lowest BCUT2D eigenvalue weighted by Gasteiger charge is -2.36. The average Bonchev–Trinajstić information content (AvgIpc) is 0.766. The fourth-order valence-electron chi connectivity index (χ4n) is 16.8. The highest BCUT2D eigenvalue weighted by Gasteiger charge is 2.40. The third-order valence-electron chi connectivity index (χ3n) is 23.7. The Morgan fingerprint density at radius 2 is 0.630 bits per heavy atom. The van der Waals surface area contributed by atoms with Crippen LogP contribution in [0.15, 0.2) is 292 Å². The lowest BCUT2D eigenvalue weighted by Crippen LogP contribution is -2.47. The van der Waals surface area contributed by atoms with Gasteiger partial charge in [0.2, 0.25) is 23.1 Å². The SMILES string of the molecule is CCOC(=O)C1Cc2c(ccc(OC)c2OCc2ccccc2)CN1.CCOC(=O)C1Cc2c(ccc(OC)c2OCc2ccccc2)CN1c1ncc2ccccc2n1.COc1ccc2c(c1OCc1ccccc1)CC(C(=O)O)N(c1ncc3ccccc3n1)C2.COc1ccc2c(c1OCc1ccccc1)CC(C(=O)O)N(c1ncc3ccccc3n1)C2.Cl.Clc1ncc2ccccc2n1. The second-order valence-electron chi connectivity index (χ2n) is 32.3. The summed E-state index contributed by atoms with van der Waals surface area (Å²) in [7, 11) is 6.42. The van der Waals surface area contributed by atoms with Crippen LogP contribution in [0.3, 0.4) is 0 Å². The third-order valence-corrected chi connectivity index (χ3v) is 23.9. The summed E-state index contributed by atoms with van der Waals surface area (Å²) in [6, 6.07) is 83.3. The zero-order valence-electron chi connectivity index (χ0n) is 76.7. The number of fused-ring (bicyclic) bond motifs is 8. The fraction of sp³-hybridized carbons (Fsp3) is 0.222. The van der Waals surface area contributed by atoms with E-state index in [0.717, 1.165) is 110 Å². The molecule has 8 heterocycles. The summed E-state index contributed by atoms with van der Waals surface area (Å²) < 4.78 is 57.5. The van der Waals surface area contributed by atoms with Crippen LogP contribution in [-0.2, 0) is 107 Å². The van der Waals surface area contributed by atoms with Crippen molar-refractivity contribution in [2.75, 3.05) is 56.4 Å². The zero-order valence-corrected chi connectivity index (χ0v) is 78.3. The van der Waals surface area contributed by atoms with Crippen LogP contribution in [0.5, 0.6) is 46.0 Å². The molecule has 0 radical (unpaired) electrons. The van der Waals surface area contributed by atoms with Gasteiger partial charge in [-0.1, -0.05) is 218 Å². The van der Waals surface area contributed by atoms with Crippen LogP contribution >= 0.6 is 24.0 Å². The van der Waals surface area contributed by atoms with Crippen LogP contribution in [0.2, 0.25) is 5.28 Å². The number of esters is 2. The topological polar surface area (TPSA) is 326 Å². The Kier molecular flexibility index (Phi) is 32.6. The van der Waals surface area contributed by atoms with Crippen molar-refractivity contribution in [1.82, 2.24) is 45.2 Å². The largest absolute Gasteiger partial charge is 0.493 e. The quantitative estimate of drug-likeness (QED) is 0.0353. The number of anilines is 3.